The van der Waals surface area contributed by atoms with Crippen molar-refractivity contribution in [3.63, 3.8) is 0 Å². The first-order valence-corrected chi connectivity index (χ1v) is 32.7. The number of hydrogen-bond donors (Lipinski definition) is 0. The molecule has 0 N–H and O–H groups in total. The quantitative estimate of drug-likeness (QED) is 0.115. The molecule has 0 saturated carbocycles. The molecule has 6 heteroatoms. The van der Waals surface area contributed by atoms with E-state index >= 15 is 8.78 Å². The standard InChI is InChI=1S/C91H59F2NO3/c1-3-58-25-44-69(45-26-58)95-71-48-33-62(34-49-71)89(60-29-37-64(92)38-30-60)79-19-9-5-17-75(79)77-52-41-66(55-84(77)89)94(68-43-54-88-86(57-68)91(83-23-13-14-24-87(83)97-88)81-21-11-7-15-73(81)74-16-8-12-22-82(74)91)67-42-53-78-76-18-6-10-20-80(76)90(85(78)56-67,61-31-39-65(93)40-32-61)63-35-50-72(51-36-63)96-70-46-27-59(4-2)28-47-70/h3-57H,1-2H2. The molecule has 0 bridgehead atoms. The lowest BCUT2D eigenvalue weighted by molar-refractivity contribution is 0.436. The van der Waals surface area contributed by atoms with E-state index in [4.69, 9.17) is 14.2 Å². The Morgan fingerprint density at radius 3 is 0.969 bits per heavy atom. The molecular weight excluding hydrogens is 1190 g/mol. The van der Waals surface area contributed by atoms with Gasteiger partial charge in [-0.2, -0.15) is 0 Å². The van der Waals surface area contributed by atoms with Crippen molar-refractivity contribution < 1.29 is 23.0 Å². The fourth-order valence-corrected chi connectivity index (χ4v) is 16.4. The average molecular weight is 1250 g/mol. The number of hydrogen-bond acceptors (Lipinski definition) is 4. The van der Waals surface area contributed by atoms with Gasteiger partial charge in [-0.3, -0.25) is 0 Å². The molecule has 4 nitrogen and oxygen atoms in total. The molecule has 14 aromatic carbocycles. The van der Waals surface area contributed by atoms with Crippen LogP contribution in [0.25, 0.3) is 45.5 Å². The zero-order valence-electron chi connectivity index (χ0n) is 52.6. The first kappa shape index (κ1) is 57.3. The second-order valence-corrected chi connectivity index (χ2v) is 25.3. The van der Waals surface area contributed by atoms with E-state index in [1.54, 1.807) is 24.3 Å². The molecule has 0 aromatic heterocycles. The van der Waals surface area contributed by atoms with Crippen molar-refractivity contribution in [1.29, 1.82) is 0 Å². The van der Waals surface area contributed by atoms with Gasteiger partial charge in [0, 0.05) is 28.2 Å². The first-order valence-electron chi connectivity index (χ1n) is 32.7. The van der Waals surface area contributed by atoms with Crippen LogP contribution >= 0.6 is 0 Å². The minimum absolute atomic E-state index is 0.324. The number of rotatable bonds is 13. The predicted molar refractivity (Wildman–Crippen MR) is 386 cm³/mol. The zero-order valence-corrected chi connectivity index (χ0v) is 52.6. The maximum absolute atomic E-state index is 15.5. The summed E-state index contributed by atoms with van der Waals surface area (Å²) in [5, 5.41) is 0. The SMILES string of the molecule is C=Cc1ccc(Oc2ccc(C3(c4ccc(F)cc4)c4ccccc4-c4ccc(N(c5ccc6c(c5)C5(c7ccccc7O6)c6ccccc6-c6ccccc65)c5ccc6c(c5)C(c5ccc(F)cc5)(c5ccc(Oc7ccc(C=C)cc7)cc5)c5ccccc5-6)cc43)cc2)cc1. The van der Waals surface area contributed by atoms with Gasteiger partial charge >= 0.3 is 0 Å². The van der Waals surface area contributed by atoms with Crippen molar-refractivity contribution in [1.82, 2.24) is 0 Å². The molecule has 1 aliphatic heterocycles. The van der Waals surface area contributed by atoms with Crippen molar-refractivity contribution >= 4 is 29.2 Å². The molecular formula is C91H59F2NO3. The number of nitrogens with zero attached hydrogens (tertiary/aromatic N) is 1. The van der Waals surface area contributed by atoms with Crippen LogP contribution in [0.3, 0.4) is 0 Å². The molecule has 0 amide bonds. The third-order valence-electron chi connectivity index (χ3n) is 20.5. The van der Waals surface area contributed by atoms with Crippen LogP contribution in [0.1, 0.15) is 77.9 Å². The van der Waals surface area contributed by atoms with Crippen LogP contribution in [0.5, 0.6) is 34.5 Å². The second-order valence-electron chi connectivity index (χ2n) is 25.3. The highest BCUT2D eigenvalue weighted by Crippen LogP contribution is 2.64. The molecule has 4 aliphatic rings. The van der Waals surface area contributed by atoms with Crippen molar-refractivity contribution in [3.8, 4) is 67.9 Å². The fraction of sp³-hybridized carbons (Fsp3) is 0.0330. The van der Waals surface area contributed by atoms with Crippen LogP contribution in [-0.4, -0.2) is 0 Å². The predicted octanol–water partition coefficient (Wildman–Crippen LogP) is 23.5. The smallest absolute Gasteiger partial charge is 0.132 e. The average Bonchev–Trinajstić information content (AvgIpc) is 1.62. The maximum atomic E-state index is 15.5. The first-order chi connectivity index (χ1) is 47.7. The van der Waals surface area contributed by atoms with Gasteiger partial charge < -0.3 is 19.1 Å². The summed E-state index contributed by atoms with van der Waals surface area (Å²) in [4.78, 5) is 2.39. The van der Waals surface area contributed by atoms with Crippen LogP contribution in [0, 0.1) is 11.6 Å². The normalized spacial score (nSPS) is 15.9. The molecule has 1 spiro atoms. The number of ether oxygens (including phenoxy) is 3. The molecule has 1 heterocycles. The lowest BCUT2D eigenvalue weighted by Crippen LogP contribution is -2.32. The fourth-order valence-electron chi connectivity index (χ4n) is 16.4. The Morgan fingerprint density at radius 1 is 0.278 bits per heavy atom. The highest BCUT2D eigenvalue weighted by Gasteiger charge is 2.52. The summed E-state index contributed by atoms with van der Waals surface area (Å²) in [6.45, 7) is 7.87. The van der Waals surface area contributed by atoms with E-state index in [0.29, 0.717) is 23.0 Å². The van der Waals surface area contributed by atoms with Crippen LogP contribution in [0.4, 0.5) is 25.8 Å². The topological polar surface area (TPSA) is 30.9 Å². The van der Waals surface area contributed by atoms with E-state index in [1.807, 2.05) is 115 Å². The largest absolute Gasteiger partial charge is 0.457 e. The molecule has 2 atom stereocenters. The molecule has 0 radical (unpaired) electrons. The molecule has 97 heavy (non-hydrogen) atoms. The van der Waals surface area contributed by atoms with E-state index in [9.17, 15) is 0 Å². The Bertz CT molecular complexity index is 5200. The zero-order chi connectivity index (χ0) is 65.0. The molecule has 14 aromatic rings. The third-order valence-corrected chi connectivity index (χ3v) is 20.5. The van der Waals surface area contributed by atoms with Gasteiger partial charge in [-0.1, -0.05) is 226 Å². The summed E-state index contributed by atoms with van der Waals surface area (Å²) in [6, 6.07) is 110. The Hall–Kier alpha value is -12.4. The Labute approximate surface area is 562 Å². The molecule has 460 valence electrons. The molecule has 0 fully saturated rings. The molecule has 0 saturated heterocycles. The monoisotopic (exact) mass is 1250 g/mol. The van der Waals surface area contributed by atoms with Gasteiger partial charge in [0.05, 0.1) is 16.2 Å². The number of para-hydroxylation sites is 1. The lowest BCUT2D eigenvalue weighted by atomic mass is 9.66. The van der Waals surface area contributed by atoms with Gasteiger partial charge in [0.15, 0.2) is 0 Å². The highest BCUT2D eigenvalue weighted by atomic mass is 19.1. The molecule has 2 unspecified atom stereocenters. The summed E-state index contributed by atoms with van der Waals surface area (Å²) >= 11 is 0. The van der Waals surface area contributed by atoms with Crippen molar-refractivity contribution in [2.24, 2.45) is 0 Å². The summed E-state index contributed by atoms with van der Waals surface area (Å²) in [7, 11) is 0. The third kappa shape index (κ3) is 8.66. The highest BCUT2D eigenvalue weighted by molar-refractivity contribution is 5.94. The van der Waals surface area contributed by atoms with Crippen LogP contribution in [-0.2, 0) is 16.2 Å². The summed E-state index contributed by atoms with van der Waals surface area (Å²) in [6.07, 6.45) is 3.63. The molecule has 3 aliphatic carbocycles. The minimum Gasteiger partial charge on any atom is -0.457 e. The van der Waals surface area contributed by atoms with E-state index in [1.165, 1.54) is 22.3 Å². The van der Waals surface area contributed by atoms with E-state index < -0.39 is 16.2 Å². The number of fused-ring (bicyclic) bond motifs is 15. The van der Waals surface area contributed by atoms with Gasteiger partial charge in [-0.25, -0.2) is 8.78 Å². The minimum atomic E-state index is -0.956. The van der Waals surface area contributed by atoms with Gasteiger partial charge in [0.25, 0.3) is 0 Å². The summed E-state index contributed by atoms with van der Waals surface area (Å²) < 4.78 is 51.2. The van der Waals surface area contributed by atoms with E-state index in [-0.39, 0.29) is 11.6 Å². The molecule has 18 rings (SSSR count). The van der Waals surface area contributed by atoms with Gasteiger partial charge in [-0.05, 0) is 221 Å². The van der Waals surface area contributed by atoms with Crippen LogP contribution in [0.15, 0.2) is 335 Å². The number of benzene rings is 14. The Kier molecular flexibility index (Phi) is 13.2. The summed E-state index contributed by atoms with van der Waals surface area (Å²) in [5.74, 6) is 3.68. The van der Waals surface area contributed by atoms with E-state index in [0.717, 1.165) is 118 Å². The van der Waals surface area contributed by atoms with Crippen molar-refractivity contribution in [3.05, 3.63) is 424 Å². The number of halogens is 2. The second kappa shape index (κ2) is 22.4. The van der Waals surface area contributed by atoms with Gasteiger partial charge in [0.1, 0.15) is 46.1 Å². The van der Waals surface area contributed by atoms with Crippen molar-refractivity contribution in [2.75, 3.05) is 4.90 Å². The van der Waals surface area contributed by atoms with E-state index in [2.05, 4.69) is 212 Å². The lowest BCUT2D eigenvalue weighted by Gasteiger charge is -2.40. The summed E-state index contributed by atoms with van der Waals surface area (Å²) in [5.41, 5.74) is 21.0. The Morgan fingerprint density at radius 2 is 0.577 bits per heavy atom. The number of anilines is 3. The van der Waals surface area contributed by atoms with Crippen molar-refractivity contribution in [2.45, 2.75) is 16.2 Å². The van der Waals surface area contributed by atoms with Crippen LogP contribution < -0.4 is 19.1 Å². The van der Waals surface area contributed by atoms with Crippen LogP contribution in [0.2, 0.25) is 0 Å². The van der Waals surface area contributed by atoms with Gasteiger partial charge in [0.2, 0.25) is 0 Å². The van der Waals surface area contributed by atoms with Gasteiger partial charge in [-0.15, -0.1) is 0 Å². The Balaban J connectivity index is 0.887. The maximum Gasteiger partial charge on any atom is 0.132 e.